The summed E-state index contributed by atoms with van der Waals surface area (Å²) in [6.45, 7) is 3.25. The van der Waals surface area contributed by atoms with Gasteiger partial charge < -0.3 is 10.2 Å². The first-order valence-electron chi connectivity index (χ1n) is 11.1. The summed E-state index contributed by atoms with van der Waals surface area (Å²) >= 11 is 1.59. The number of thioether (sulfide) groups is 1. The molecule has 2 aliphatic heterocycles. The van der Waals surface area contributed by atoms with Crippen LogP contribution in [0.5, 0.6) is 0 Å². The van der Waals surface area contributed by atoms with Crippen LogP contribution in [-0.4, -0.2) is 45.8 Å². The van der Waals surface area contributed by atoms with E-state index in [1.807, 2.05) is 11.8 Å². The number of piperidine rings is 1. The van der Waals surface area contributed by atoms with E-state index in [4.69, 9.17) is 4.99 Å². The predicted molar refractivity (Wildman–Crippen MR) is 116 cm³/mol. The number of hydrogen-bond donors (Lipinski definition) is 1. The number of amides is 2. The number of nitrogens with zero attached hydrogens (tertiary/aromatic N) is 2. The van der Waals surface area contributed by atoms with Crippen molar-refractivity contribution in [2.45, 2.75) is 56.2 Å². The van der Waals surface area contributed by atoms with Crippen LogP contribution in [0.4, 0.5) is 4.39 Å². The van der Waals surface area contributed by atoms with Crippen LogP contribution in [-0.2, 0) is 4.79 Å². The van der Waals surface area contributed by atoms with Gasteiger partial charge in [-0.25, -0.2) is 4.39 Å². The smallest absolute Gasteiger partial charge is 0.253 e. The molecule has 1 aromatic rings. The van der Waals surface area contributed by atoms with Gasteiger partial charge in [0.25, 0.3) is 5.91 Å². The molecule has 0 spiro atoms. The minimum atomic E-state index is -0.526. The third kappa shape index (κ3) is 3.55. The van der Waals surface area contributed by atoms with E-state index in [2.05, 4.69) is 5.32 Å². The molecule has 2 aliphatic carbocycles. The van der Waals surface area contributed by atoms with E-state index in [0.717, 1.165) is 23.9 Å². The summed E-state index contributed by atoms with van der Waals surface area (Å²) in [6.07, 6.45) is 6.67. The molecule has 0 aromatic heterocycles. The molecule has 2 bridgehead atoms. The Labute approximate surface area is 180 Å². The molecule has 1 unspecified atom stereocenters. The Kier molecular flexibility index (Phi) is 5.12. The third-order valence-corrected chi connectivity index (χ3v) is 8.96. The van der Waals surface area contributed by atoms with Gasteiger partial charge >= 0.3 is 0 Å². The van der Waals surface area contributed by atoms with Gasteiger partial charge in [0.2, 0.25) is 5.91 Å². The molecule has 30 heavy (non-hydrogen) atoms. The fraction of sp³-hybridized carbons (Fsp3) is 0.609. The first-order chi connectivity index (χ1) is 14.4. The monoisotopic (exact) mass is 429 g/mol. The maximum absolute atomic E-state index is 13.1. The highest BCUT2D eigenvalue weighted by Crippen LogP contribution is 2.48. The summed E-state index contributed by atoms with van der Waals surface area (Å²) in [7, 11) is 0. The quantitative estimate of drug-likeness (QED) is 0.794. The summed E-state index contributed by atoms with van der Waals surface area (Å²) < 4.78 is 12.6. The Morgan fingerprint density at radius 3 is 2.53 bits per heavy atom. The fourth-order valence-corrected chi connectivity index (χ4v) is 7.03. The second-order valence-electron chi connectivity index (χ2n) is 9.41. The van der Waals surface area contributed by atoms with Crippen molar-refractivity contribution < 1.29 is 14.0 Å². The molecular formula is C23H28FN3O2S. The van der Waals surface area contributed by atoms with Crippen molar-refractivity contribution in [3.05, 3.63) is 35.6 Å². The van der Waals surface area contributed by atoms with E-state index in [0.29, 0.717) is 30.6 Å². The molecule has 4 fully saturated rings. The zero-order valence-corrected chi connectivity index (χ0v) is 18.1. The second kappa shape index (κ2) is 7.66. The van der Waals surface area contributed by atoms with Gasteiger partial charge in [0.15, 0.2) is 5.17 Å². The standard InChI is InChI=1S/C23H28FN3O2S/c1-23(21(29)26-22(30-23)25-19-13-14-2-3-16(19)12-14)17-8-10-27(11-9-17)20(28)15-4-6-18(24)7-5-15/h4-7,14,16-17,19H,2-3,8-13H2,1H3,(H,25,26,29)/t14-,16+,19+,23?/m1/s1. The molecule has 1 aromatic carbocycles. The number of halogens is 1. The summed E-state index contributed by atoms with van der Waals surface area (Å²) in [5.74, 6) is 1.38. The van der Waals surface area contributed by atoms with Crippen LogP contribution >= 0.6 is 11.8 Å². The fourth-order valence-electron chi connectivity index (χ4n) is 5.75. The van der Waals surface area contributed by atoms with Gasteiger partial charge in [-0.15, -0.1) is 0 Å². The maximum atomic E-state index is 13.1. The number of aliphatic imine (C=N–C) groups is 1. The maximum Gasteiger partial charge on any atom is 0.253 e. The zero-order valence-electron chi connectivity index (χ0n) is 17.3. The number of hydrogen-bond acceptors (Lipinski definition) is 4. The Morgan fingerprint density at radius 2 is 1.90 bits per heavy atom. The second-order valence-corrected chi connectivity index (χ2v) is 10.9. The van der Waals surface area contributed by atoms with Crippen molar-refractivity contribution in [1.82, 2.24) is 10.2 Å². The zero-order chi connectivity index (χ0) is 20.9. The lowest BCUT2D eigenvalue weighted by Gasteiger charge is -2.38. The Balaban J connectivity index is 1.21. The number of nitrogens with one attached hydrogen (secondary N) is 1. The van der Waals surface area contributed by atoms with Crippen LogP contribution in [0, 0.1) is 23.6 Å². The van der Waals surface area contributed by atoms with E-state index >= 15 is 0 Å². The van der Waals surface area contributed by atoms with Crippen molar-refractivity contribution in [3.63, 3.8) is 0 Å². The van der Waals surface area contributed by atoms with Crippen molar-refractivity contribution in [2.24, 2.45) is 22.7 Å². The molecule has 4 aliphatic rings. The van der Waals surface area contributed by atoms with Crippen LogP contribution in [0.25, 0.3) is 0 Å². The highest BCUT2D eigenvalue weighted by Gasteiger charge is 2.50. The summed E-state index contributed by atoms with van der Waals surface area (Å²) in [6, 6.07) is 6.08. The van der Waals surface area contributed by atoms with Crippen molar-refractivity contribution in [2.75, 3.05) is 13.1 Å². The van der Waals surface area contributed by atoms with Crippen molar-refractivity contribution >= 4 is 28.7 Å². The minimum Gasteiger partial charge on any atom is -0.339 e. The van der Waals surface area contributed by atoms with Crippen molar-refractivity contribution in [3.8, 4) is 0 Å². The Bertz CT molecular complexity index is 881. The van der Waals surface area contributed by atoms with E-state index in [9.17, 15) is 14.0 Å². The lowest BCUT2D eigenvalue weighted by atomic mass is 9.84. The minimum absolute atomic E-state index is 0.0534. The van der Waals surface area contributed by atoms with Gasteiger partial charge in [-0.05, 0) is 81.0 Å². The number of carbonyl (C=O) groups is 2. The number of benzene rings is 1. The molecule has 160 valence electrons. The number of fused-ring (bicyclic) bond motifs is 2. The summed E-state index contributed by atoms with van der Waals surface area (Å²) in [5, 5.41) is 3.85. The number of likely N-dealkylation sites (tertiary alicyclic amines) is 1. The number of carbonyl (C=O) groups excluding carboxylic acids is 2. The van der Waals surface area contributed by atoms with Crippen LogP contribution < -0.4 is 5.32 Å². The predicted octanol–water partition coefficient (Wildman–Crippen LogP) is 3.84. The Morgan fingerprint density at radius 1 is 1.17 bits per heavy atom. The SMILES string of the molecule is CC1(C2CCN(C(=O)c3ccc(F)cc3)CC2)SC(=N[C@H]2C[C@@H]3CC[C@H]2C3)NC1=O. The molecule has 4 atom stereocenters. The van der Waals surface area contributed by atoms with E-state index in [-0.39, 0.29) is 23.5 Å². The summed E-state index contributed by atoms with van der Waals surface area (Å²) in [5.41, 5.74) is 0.509. The van der Waals surface area contributed by atoms with E-state index in [1.165, 1.54) is 49.9 Å². The van der Waals surface area contributed by atoms with Crippen LogP contribution in [0.15, 0.2) is 29.3 Å². The molecular weight excluding hydrogens is 401 g/mol. The number of amidine groups is 1. The highest BCUT2D eigenvalue weighted by atomic mass is 32.2. The van der Waals surface area contributed by atoms with Gasteiger partial charge in [-0.3, -0.25) is 14.6 Å². The molecule has 1 N–H and O–H groups in total. The number of rotatable bonds is 3. The van der Waals surface area contributed by atoms with Gasteiger partial charge in [0, 0.05) is 18.7 Å². The first-order valence-corrected chi connectivity index (χ1v) is 11.9. The topological polar surface area (TPSA) is 61.8 Å². The largest absolute Gasteiger partial charge is 0.339 e. The van der Waals surface area contributed by atoms with Gasteiger partial charge in [-0.2, -0.15) is 0 Å². The molecule has 5 nitrogen and oxygen atoms in total. The van der Waals surface area contributed by atoms with Crippen LogP contribution in [0.2, 0.25) is 0 Å². The van der Waals surface area contributed by atoms with Crippen LogP contribution in [0.1, 0.15) is 55.8 Å². The van der Waals surface area contributed by atoms with Gasteiger partial charge in [-0.1, -0.05) is 18.2 Å². The van der Waals surface area contributed by atoms with E-state index in [1.54, 1.807) is 11.8 Å². The Hall–Kier alpha value is -1.89. The normalized spacial score (nSPS) is 35.3. The lowest BCUT2D eigenvalue weighted by molar-refractivity contribution is -0.122. The lowest BCUT2D eigenvalue weighted by Crippen LogP contribution is -2.47. The molecule has 2 heterocycles. The molecule has 2 saturated heterocycles. The summed E-state index contributed by atoms with van der Waals surface area (Å²) in [4.78, 5) is 32.3. The van der Waals surface area contributed by atoms with Gasteiger partial charge in [0.05, 0.1) is 6.04 Å². The highest BCUT2D eigenvalue weighted by molar-refractivity contribution is 8.16. The molecule has 5 rings (SSSR count). The average molecular weight is 430 g/mol. The van der Waals surface area contributed by atoms with Crippen LogP contribution in [0.3, 0.4) is 0 Å². The van der Waals surface area contributed by atoms with Gasteiger partial charge in [0.1, 0.15) is 10.6 Å². The van der Waals surface area contributed by atoms with Crippen molar-refractivity contribution in [1.29, 1.82) is 0 Å². The molecule has 0 radical (unpaired) electrons. The average Bonchev–Trinajstić information content (AvgIpc) is 3.44. The third-order valence-electron chi connectivity index (χ3n) is 7.62. The first kappa shape index (κ1) is 20.0. The molecule has 7 heteroatoms. The molecule has 2 amide bonds. The van der Waals surface area contributed by atoms with E-state index < -0.39 is 4.75 Å². The molecule has 2 saturated carbocycles.